The Kier molecular flexibility index (Phi) is 4.21. The van der Waals surface area contributed by atoms with Crippen molar-refractivity contribution in [3.05, 3.63) is 53.3 Å². The summed E-state index contributed by atoms with van der Waals surface area (Å²) >= 11 is 0. The third-order valence-corrected chi connectivity index (χ3v) is 3.03. The fourth-order valence-electron chi connectivity index (χ4n) is 2.05. The van der Waals surface area contributed by atoms with Crippen LogP contribution in [-0.4, -0.2) is 19.1 Å². The minimum Gasteiger partial charge on any atom is -0.497 e. The summed E-state index contributed by atoms with van der Waals surface area (Å²) in [5.74, 6) is 0.812. The van der Waals surface area contributed by atoms with Crippen molar-refractivity contribution in [2.45, 2.75) is 13.5 Å². The van der Waals surface area contributed by atoms with E-state index in [2.05, 4.69) is 16.0 Å². The van der Waals surface area contributed by atoms with E-state index in [0.29, 0.717) is 12.1 Å². The number of aromatic nitrogens is 1. The van der Waals surface area contributed by atoms with Gasteiger partial charge in [0.1, 0.15) is 5.75 Å². The Morgan fingerprint density at radius 2 is 2.10 bits per heavy atom. The molecule has 0 atom stereocenters. The lowest BCUT2D eigenvalue weighted by Crippen LogP contribution is -2.17. The molecule has 0 aliphatic heterocycles. The van der Waals surface area contributed by atoms with Crippen LogP contribution >= 0.6 is 0 Å². The van der Waals surface area contributed by atoms with Gasteiger partial charge in [-0.1, -0.05) is 6.07 Å². The minimum atomic E-state index is 0.657. The van der Waals surface area contributed by atoms with Gasteiger partial charge in [-0.05, 0) is 25.1 Å². The summed E-state index contributed by atoms with van der Waals surface area (Å²) in [5, 5.41) is 8.94. The van der Waals surface area contributed by atoms with Gasteiger partial charge in [-0.2, -0.15) is 5.26 Å². The first-order chi connectivity index (χ1) is 9.62. The van der Waals surface area contributed by atoms with E-state index < -0.39 is 0 Å². The van der Waals surface area contributed by atoms with Crippen LogP contribution in [0.5, 0.6) is 5.75 Å². The Morgan fingerprint density at radius 3 is 2.80 bits per heavy atom. The number of methoxy groups -OCH3 is 1. The molecule has 0 aliphatic carbocycles. The average Bonchev–Trinajstić information content (AvgIpc) is 2.46. The number of benzene rings is 1. The Hall–Kier alpha value is -2.54. The zero-order valence-corrected chi connectivity index (χ0v) is 11.9. The minimum absolute atomic E-state index is 0.657. The zero-order valence-electron chi connectivity index (χ0n) is 11.9. The van der Waals surface area contributed by atoms with Crippen LogP contribution in [0.3, 0.4) is 0 Å². The normalized spacial score (nSPS) is 9.90. The summed E-state index contributed by atoms with van der Waals surface area (Å²) in [7, 11) is 3.63. The van der Waals surface area contributed by atoms with E-state index in [4.69, 9.17) is 10.00 Å². The molecule has 0 spiro atoms. The summed E-state index contributed by atoms with van der Waals surface area (Å²) < 4.78 is 5.26. The molecule has 4 heteroatoms. The van der Waals surface area contributed by atoms with Crippen molar-refractivity contribution in [2.75, 3.05) is 19.1 Å². The fraction of sp³-hybridized carbons (Fsp3) is 0.250. The van der Waals surface area contributed by atoms with Crippen molar-refractivity contribution in [1.82, 2.24) is 4.98 Å². The van der Waals surface area contributed by atoms with E-state index in [1.54, 1.807) is 13.2 Å². The molecule has 0 saturated carbocycles. The smallest absolute Gasteiger partial charge is 0.122 e. The van der Waals surface area contributed by atoms with Crippen LogP contribution in [0.1, 0.15) is 17.0 Å². The molecule has 20 heavy (non-hydrogen) atoms. The quantitative estimate of drug-likeness (QED) is 0.854. The molecule has 0 unspecified atom stereocenters. The molecule has 2 rings (SSSR count). The summed E-state index contributed by atoms with van der Waals surface area (Å²) in [6.07, 6.45) is 0. The highest BCUT2D eigenvalue weighted by Gasteiger charge is 2.06. The van der Waals surface area contributed by atoms with Crippen LogP contribution in [0.25, 0.3) is 0 Å². The number of hydrogen-bond donors (Lipinski definition) is 0. The molecule has 0 radical (unpaired) electrons. The summed E-state index contributed by atoms with van der Waals surface area (Å²) in [6, 6.07) is 13.5. The molecule has 1 heterocycles. The molecule has 0 N–H and O–H groups in total. The Balaban J connectivity index is 2.20. The van der Waals surface area contributed by atoms with E-state index >= 15 is 0 Å². The zero-order chi connectivity index (χ0) is 14.5. The molecule has 0 aliphatic rings. The predicted octanol–water partition coefficient (Wildman–Crippen LogP) is 2.91. The van der Waals surface area contributed by atoms with Crippen molar-refractivity contribution >= 4 is 5.69 Å². The van der Waals surface area contributed by atoms with Gasteiger partial charge in [-0.3, -0.25) is 4.98 Å². The third kappa shape index (κ3) is 3.27. The summed E-state index contributed by atoms with van der Waals surface area (Å²) in [5.41, 5.74) is 3.51. The fourth-order valence-corrected chi connectivity index (χ4v) is 2.05. The van der Waals surface area contributed by atoms with Crippen molar-refractivity contribution < 1.29 is 4.74 Å². The lowest BCUT2D eigenvalue weighted by atomic mass is 10.2. The molecule has 0 saturated heterocycles. The second kappa shape index (κ2) is 6.07. The number of ether oxygens (including phenoxy) is 1. The van der Waals surface area contributed by atoms with Crippen LogP contribution in [0, 0.1) is 18.3 Å². The molecule has 0 bridgehead atoms. The van der Waals surface area contributed by atoms with Gasteiger partial charge in [0.25, 0.3) is 0 Å². The molecule has 4 nitrogen and oxygen atoms in total. The first-order valence-electron chi connectivity index (χ1n) is 6.35. The maximum Gasteiger partial charge on any atom is 0.122 e. The average molecular weight is 267 g/mol. The number of aryl methyl sites for hydroxylation is 1. The molecule has 1 aromatic carbocycles. The second-order valence-corrected chi connectivity index (χ2v) is 4.66. The van der Waals surface area contributed by atoms with Crippen molar-refractivity contribution in [3.63, 3.8) is 0 Å². The lowest BCUT2D eigenvalue weighted by Gasteiger charge is -2.19. The standard InChI is InChI=1S/C16H17N3O/c1-12-7-16(20-3)9-14(18-12)11-19(2)15-6-4-5-13(8-15)10-17/h4-9H,11H2,1-3H3. The van der Waals surface area contributed by atoms with Crippen LogP contribution in [-0.2, 0) is 6.54 Å². The highest BCUT2D eigenvalue weighted by Crippen LogP contribution is 2.19. The molecular weight excluding hydrogens is 250 g/mol. The van der Waals surface area contributed by atoms with E-state index in [9.17, 15) is 0 Å². The first-order valence-corrected chi connectivity index (χ1v) is 6.35. The third-order valence-electron chi connectivity index (χ3n) is 3.03. The monoisotopic (exact) mass is 267 g/mol. The predicted molar refractivity (Wildman–Crippen MR) is 78.8 cm³/mol. The van der Waals surface area contributed by atoms with Crippen LogP contribution in [0.15, 0.2) is 36.4 Å². The highest BCUT2D eigenvalue weighted by atomic mass is 16.5. The topological polar surface area (TPSA) is 49.1 Å². The SMILES string of the molecule is COc1cc(C)nc(CN(C)c2cccc(C#N)c2)c1. The summed E-state index contributed by atoms with van der Waals surface area (Å²) in [6.45, 7) is 2.61. The molecule has 0 amide bonds. The Bertz CT molecular complexity index is 646. The number of rotatable bonds is 4. The molecule has 102 valence electrons. The van der Waals surface area contributed by atoms with Gasteiger partial charge < -0.3 is 9.64 Å². The Labute approximate surface area is 119 Å². The van der Waals surface area contributed by atoms with Gasteiger partial charge in [-0.25, -0.2) is 0 Å². The van der Waals surface area contributed by atoms with Crippen LogP contribution in [0.2, 0.25) is 0 Å². The van der Waals surface area contributed by atoms with Crippen LogP contribution in [0.4, 0.5) is 5.69 Å². The first kappa shape index (κ1) is 13.9. The van der Waals surface area contributed by atoms with Gasteiger partial charge >= 0.3 is 0 Å². The number of hydrogen-bond acceptors (Lipinski definition) is 4. The van der Waals surface area contributed by atoms with Gasteiger partial charge in [-0.15, -0.1) is 0 Å². The maximum atomic E-state index is 8.94. The number of anilines is 1. The van der Waals surface area contributed by atoms with E-state index in [0.717, 1.165) is 22.8 Å². The van der Waals surface area contributed by atoms with Crippen LogP contribution < -0.4 is 9.64 Å². The molecule has 1 aromatic heterocycles. The molecule has 0 fully saturated rings. The highest BCUT2D eigenvalue weighted by molar-refractivity contribution is 5.51. The number of pyridine rings is 1. The van der Waals surface area contributed by atoms with Gasteiger partial charge in [0.2, 0.25) is 0 Å². The maximum absolute atomic E-state index is 8.94. The van der Waals surface area contributed by atoms with E-state index in [1.165, 1.54) is 0 Å². The summed E-state index contributed by atoms with van der Waals surface area (Å²) in [4.78, 5) is 6.56. The second-order valence-electron chi connectivity index (χ2n) is 4.66. The molecule has 2 aromatic rings. The van der Waals surface area contributed by atoms with Crippen molar-refractivity contribution in [3.8, 4) is 11.8 Å². The van der Waals surface area contributed by atoms with Gasteiger partial charge in [0.15, 0.2) is 0 Å². The van der Waals surface area contributed by atoms with Gasteiger partial charge in [0, 0.05) is 30.6 Å². The number of nitrogens with zero attached hydrogens (tertiary/aromatic N) is 3. The van der Waals surface area contributed by atoms with Gasteiger partial charge in [0.05, 0.1) is 31.0 Å². The van der Waals surface area contributed by atoms with E-state index in [1.807, 2.05) is 44.3 Å². The lowest BCUT2D eigenvalue weighted by molar-refractivity contribution is 0.413. The largest absolute Gasteiger partial charge is 0.497 e. The molecular formula is C16H17N3O. The van der Waals surface area contributed by atoms with Crippen molar-refractivity contribution in [1.29, 1.82) is 5.26 Å². The van der Waals surface area contributed by atoms with E-state index in [-0.39, 0.29) is 0 Å². The van der Waals surface area contributed by atoms with Crippen molar-refractivity contribution in [2.24, 2.45) is 0 Å². The number of nitriles is 1. The Morgan fingerprint density at radius 1 is 1.30 bits per heavy atom.